The highest BCUT2D eigenvalue weighted by molar-refractivity contribution is 5.88. The van der Waals surface area contributed by atoms with E-state index in [9.17, 15) is 9.59 Å². The van der Waals surface area contributed by atoms with E-state index >= 15 is 0 Å². The lowest BCUT2D eigenvalue weighted by Gasteiger charge is -2.32. The van der Waals surface area contributed by atoms with Crippen molar-refractivity contribution in [2.75, 3.05) is 26.7 Å². The second-order valence-corrected chi connectivity index (χ2v) is 6.36. The van der Waals surface area contributed by atoms with Crippen LogP contribution in [0.1, 0.15) is 31.7 Å². The zero-order valence-electron chi connectivity index (χ0n) is 14.3. The lowest BCUT2D eigenvalue weighted by Crippen LogP contribution is -2.48. The average Bonchev–Trinajstić information content (AvgIpc) is 3.11. The highest BCUT2D eigenvalue weighted by Gasteiger charge is 2.35. The molecular formula is C19H24N2O3. The summed E-state index contributed by atoms with van der Waals surface area (Å²) in [6.45, 7) is 3.57. The van der Waals surface area contributed by atoms with Crippen molar-refractivity contribution in [1.82, 2.24) is 9.80 Å². The van der Waals surface area contributed by atoms with Crippen LogP contribution in [0.15, 0.2) is 30.3 Å². The minimum absolute atomic E-state index is 0.00248. The van der Waals surface area contributed by atoms with Crippen molar-refractivity contribution in [1.29, 1.82) is 0 Å². The first-order valence-corrected chi connectivity index (χ1v) is 8.49. The number of nitrogens with zero attached hydrogens (tertiary/aromatic N) is 2. The zero-order valence-corrected chi connectivity index (χ0v) is 14.3. The Morgan fingerprint density at radius 2 is 1.92 bits per heavy atom. The molecule has 1 aromatic carbocycles. The number of hydrogen-bond acceptors (Lipinski definition) is 3. The van der Waals surface area contributed by atoms with Crippen LogP contribution in [0, 0.1) is 0 Å². The predicted molar refractivity (Wildman–Crippen MR) is 92.6 cm³/mol. The van der Waals surface area contributed by atoms with E-state index in [1.54, 1.807) is 18.9 Å². The highest BCUT2D eigenvalue weighted by atomic mass is 16.5. The van der Waals surface area contributed by atoms with Crippen molar-refractivity contribution >= 4 is 17.4 Å². The lowest BCUT2D eigenvalue weighted by atomic mass is 9.99. The normalized spacial score (nSPS) is 20.8. The monoisotopic (exact) mass is 328 g/mol. The van der Waals surface area contributed by atoms with Gasteiger partial charge >= 0.3 is 0 Å². The average molecular weight is 328 g/mol. The smallest absolute Gasteiger partial charge is 0.245 e. The van der Waals surface area contributed by atoms with Gasteiger partial charge in [0.15, 0.2) is 0 Å². The van der Waals surface area contributed by atoms with Gasteiger partial charge in [-0.05, 0) is 42.5 Å². The second kappa shape index (κ2) is 7.07. The van der Waals surface area contributed by atoms with Crippen molar-refractivity contribution < 1.29 is 14.3 Å². The van der Waals surface area contributed by atoms with Crippen LogP contribution in [-0.2, 0) is 9.59 Å². The molecule has 0 saturated carbocycles. The quantitative estimate of drug-likeness (QED) is 0.856. The van der Waals surface area contributed by atoms with Crippen molar-refractivity contribution in [3.8, 4) is 5.75 Å². The van der Waals surface area contributed by atoms with Gasteiger partial charge in [0.05, 0.1) is 7.11 Å². The maximum Gasteiger partial charge on any atom is 0.245 e. The Kier molecular flexibility index (Phi) is 4.88. The Morgan fingerprint density at radius 1 is 1.17 bits per heavy atom. The van der Waals surface area contributed by atoms with Gasteiger partial charge in [-0.3, -0.25) is 9.59 Å². The van der Waals surface area contributed by atoms with Crippen LogP contribution < -0.4 is 4.74 Å². The largest absolute Gasteiger partial charge is 0.497 e. The van der Waals surface area contributed by atoms with Gasteiger partial charge in [-0.15, -0.1) is 0 Å². The molecule has 1 atom stereocenters. The lowest BCUT2D eigenvalue weighted by molar-refractivity contribution is -0.142. The van der Waals surface area contributed by atoms with Gasteiger partial charge in [-0.1, -0.05) is 18.2 Å². The number of amides is 2. The number of likely N-dealkylation sites (tertiary alicyclic amines) is 1. The first kappa shape index (κ1) is 16.6. The first-order valence-electron chi connectivity index (χ1n) is 8.49. The molecule has 0 aromatic heterocycles. The Hall–Kier alpha value is -2.30. The minimum Gasteiger partial charge on any atom is -0.497 e. The van der Waals surface area contributed by atoms with Gasteiger partial charge in [0, 0.05) is 26.6 Å². The van der Waals surface area contributed by atoms with Crippen molar-refractivity contribution in [2.24, 2.45) is 0 Å². The summed E-state index contributed by atoms with van der Waals surface area (Å²) in [5.41, 5.74) is 2.44. The molecule has 24 heavy (non-hydrogen) atoms. The fourth-order valence-electron chi connectivity index (χ4n) is 3.55. The number of carbonyl (C=O) groups excluding carboxylic acids is 2. The molecule has 0 spiro atoms. The second-order valence-electron chi connectivity index (χ2n) is 6.36. The molecule has 5 nitrogen and oxygen atoms in total. The molecule has 2 heterocycles. The van der Waals surface area contributed by atoms with Crippen LogP contribution in [0.5, 0.6) is 5.75 Å². The molecule has 0 unspecified atom stereocenters. The van der Waals surface area contributed by atoms with E-state index in [1.165, 1.54) is 11.1 Å². The Labute approximate surface area is 142 Å². The van der Waals surface area contributed by atoms with E-state index in [0.717, 1.165) is 25.0 Å². The van der Waals surface area contributed by atoms with E-state index in [4.69, 9.17) is 4.74 Å². The summed E-state index contributed by atoms with van der Waals surface area (Å²) in [6, 6.07) is 7.75. The number of rotatable bonds is 3. The van der Waals surface area contributed by atoms with E-state index in [-0.39, 0.29) is 17.9 Å². The van der Waals surface area contributed by atoms with Crippen molar-refractivity contribution in [3.05, 3.63) is 35.9 Å². The Bertz CT molecular complexity index is 651. The maximum absolute atomic E-state index is 12.7. The number of ether oxygens (including phenoxy) is 1. The fourth-order valence-corrected chi connectivity index (χ4v) is 3.55. The molecule has 0 aliphatic carbocycles. The van der Waals surface area contributed by atoms with Gasteiger partial charge in [0.25, 0.3) is 0 Å². The molecule has 5 heteroatoms. The molecule has 2 amide bonds. The summed E-state index contributed by atoms with van der Waals surface area (Å²) >= 11 is 0. The third-order valence-electron chi connectivity index (χ3n) is 4.92. The summed E-state index contributed by atoms with van der Waals surface area (Å²) in [5, 5.41) is 0. The Balaban J connectivity index is 1.65. The summed E-state index contributed by atoms with van der Waals surface area (Å²) in [7, 11) is 1.66. The molecule has 0 bridgehead atoms. The molecule has 2 aliphatic rings. The summed E-state index contributed by atoms with van der Waals surface area (Å²) in [5.74, 6) is 0.933. The van der Waals surface area contributed by atoms with Gasteiger partial charge in [-0.2, -0.15) is 0 Å². The number of methoxy groups -OCH3 is 1. The van der Waals surface area contributed by atoms with Gasteiger partial charge in [0.1, 0.15) is 11.8 Å². The molecule has 128 valence electrons. The standard InChI is InChI=1S/C19H24N2O3/c1-14(22)21-11-3-4-18(21)19(23)20-12-9-16(10-13-20)15-5-7-17(24-2)8-6-15/h5-9,18H,3-4,10-13H2,1-2H3/t18-/m0/s1. The summed E-state index contributed by atoms with van der Waals surface area (Å²) in [4.78, 5) is 28.0. The van der Waals surface area contributed by atoms with Crippen LogP contribution in [0.2, 0.25) is 0 Å². The van der Waals surface area contributed by atoms with Gasteiger partial charge in [-0.25, -0.2) is 0 Å². The maximum atomic E-state index is 12.7. The van der Waals surface area contributed by atoms with Crippen LogP contribution in [0.3, 0.4) is 0 Å². The molecule has 1 saturated heterocycles. The van der Waals surface area contributed by atoms with Crippen LogP contribution >= 0.6 is 0 Å². The third kappa shape index (κ3) is 3.30. The van der Waals surface area contributed by atoms with Crippen molar-refractivity contribution in [2.45, 2.75) is 32.2 Å². The molecular weight excluding hydrogens is 304 g/mol. The highest BCUT2D eigenvalue weighted by Crippen LogP contribution is 2.26. The number of benzene rings is 1. The van der Waals surface area contributed by atoms with Crippen molar-refractivity contribution in [3.63, 3.8) is 0 Å². The molecule has 2 aliphatic heterocycles. The SMILES string of the molecule is COc1ccc(C2=CCN(C(=O)[C@@H]3CCCN3C(C)=O)CC2)cc1. The van der Waals surface area contributed by atoms with Gasteiger partial charge < -0.3 is 14.5 Å². The fraction of sp³-hybridized carbons (Fsp3) is 0.474. The summed E-state index contributed by atoms with van der Waals surface area (Å²) in [6.07, 6.45) is 4.65. The van der Waals surface area contributed by atoms with Gasteiger partial charge in [0.2, 0.25) is 11.8 Å². The Morgan fingerprint density at radius 3 is 2.50 bits per heavy atom. The zero-order chi connectivity index (χ0) is 17.1. The molecule has 0 radical (unpaired) electrons. The predicted octanol–water partition coefficient (Wildman–Crippen LogP) is 2.32. The molecule has 0 N–H and O–H groups in total. The topological polar surface area (TPSA) is 49.9 Å². The molecule has 1 aromatic rings. The van der Waals surface area contributed by atoms with Crippen LogP contribution in [0.4, 0.5) is 0 Å². The van der Waals surface area contributed by atoms with Crippen LogP contribution in [0.25, 0.3) is 5.57 Å². The minimum atomic E-state index is -0.265. The first-order chi connectivity index (χ1) is 11.6. The van der Waals surface area contributed by atoms with E-state index in [1.807, 2.05) is 17.0 Å². The third-order valence-corrected chi connectivity index (χ3v) is 4.92. The molecule has 3 rings (SSSR count). The number of hydrogen-bond donors (Lipinski definition) is 0. The summed E-state index contributed by atoms with van der Waals surface area (Å²) < 4.78 is 5.19. The van der Waals surface area contributed by atoms with E-state index in [0.29, 0.717) is 19.6 Å². The van der Waals surface area contributed by atoms with E-state index in [2.05, 4.69) is 18.2 Å². The number of carbonyl (C=O) groups is 2. The molecule has 1 fully saturated rings. The van der Waals surface area contributed by atoms with E-state index < -0.39 is 0 Å². The van der Waals surface area contributed by atoms with Crippen LogP contribution in [-0.4, -0.2) is 54.4 Å².